The van der Waals surface area contributed by atoms with Crippen molar-refractivity contribution in [3.8, 4) is 0 Å². The highest BCUT2D eigenvalue weighted by atomic mass is 16.6. The van der Waals surface area contributed by atoms with Crippen LogP contribution in [0.3, 0.4) is 0 Å². The minimum absolute atomic E-state index is 0.0848. The number of amides is 2. The van der Waals surface area contributed by atoms with Crippen molar-refractivity contribution in [2.45, 2.75) is 174 Å². The number of hydrogen-bond donors (Lipinski definition) is 6. The molecule has 3 aliphatic rings. The molecular formula is C58H86N2O13. The van der Waals surface area contributed by atoms with Gasteiger partial charge in [0.2, 0.25) is 11.8 Å². The summed E-state index contributed by atoms with van der Waals surface area (Å²) in [4.78, 5) is 53.0. The van der Waals surface area contributed by atoms with Crippen LogP contribution in [0.25, 0.3) is 0 Å². The Balaban J connectivity index is 1.27. The van der Waals surface area contributed by atoms with Crippen LogP contribution in [-0.2, 0) is 42.9 Å². The Kier molecular flexibility index (Phi) is 24.2. The number of hydrogen-bond acceptors (Lipinski definition) is 13. The number of allylic oxidation sites excluding steroid dienone is 7. The molecule has 406 valence electrons. The molecular weight excluding hydrogens is 933 g/mol. The van der Waals surface area contributed by atoms with Gasteiger partial charge in [0.05, 0.1) is 61.4 Å². The molecule has 4 rings (SSSR count). The van der Waals surface area contributed by atoms with E-state index < -0.39 is 78.0 Å². The molecule has 17 unspecified atom stereocenters. The van der Waals surface area contributed by atoms with E-state index in [4.69, 9.17) is 23.7 Å². The van der Waals surface area contributed by atoms with Crippen LogP contribution < -0.4 is 10.6 Å². The summed E-state index contributed by atoms with van der Waals surface area (Å²) in [7, 11) is 3.05. The molecule has 17 atom stereocenters. The van der Waals surface area contributed by atoms with Crippen molar-refractivity contribution in [3.63, 3.8) is 0 Å². The molecule has 1 aromatic rings. The maximum Gasteiger partial charge on any atom is 0.329 e. The summed E-state index contributed by atoms with van der Waals surface area (Å²) in [5, 5.41) is 49.6. The van der Waals surface area contributed by atoms with Crippen LogP contribution in [0, 0.1) is 35.5 Å². The normalized spacial score (nSPS) is 31.5. The lowest BCUT2D eigenvalue weighted by Crippen LogP contribution is -2.57. The average Bonchev–Trinajstić information content (AvgIpc) is 3.64. The second-order valence-electron chi connectivity index (χ2n) is 20.9. The molecule has 15 nitrogen and oxygen atoms in total. The van der Waals surface area contributed by atoms with Crippen LogP contribution in [0.5, 0.6) is 0 Å². The van der Waals surface area contributed by atoms with E-state index in [0.717, 1.165) is 11.1 Å². The first-order chi connectivity index (χ1) is 34.5. The van der Waals surface area contributed by atoms with Crippen molar-refractivity contribution in [2.75, 3.05) is 20.8 Å². The second-order valence-corrected chi connectivity index (χ2v) is 20.9. The van der Waals surface area contributed by atoms with Crippen molar-refractivity contribution in [1.82, 2.24) is 10.6 Å². The standard InChI is InChI=1S/C58H86N2O13/c1-13-45-48(72-47(37(6)52(45)63)26-19-15-18-25-44(69-11)31-43(61)29-27-35(4)21-20-24-42-33-71-40(9)58(10,68)54(42)64)30-28-36(5)46(62)32-49(70-12)38(7)55(65)59-50(34(2)3)56(66)60-51-39(8)53(73-57(51)67)41-22-16-14-17-23-41/h14-24,26-29,34,37-40,42,44-54,62-64,68H,13,25,30-33H2,1-12H3,(H,59,65)(H,60,66)/b18-15+,24-20+,26-19+,29-27+,35-21+,36-28+. The predicted molar refractivity (Wildman–Crippen MR) is 281 cm³/mol. The number of cyclic esters (lactones) is 1. The van der Waals surface area contributed by atoms with Gasteiger partial charge in [0.25, 0.3) is 0 Å². The fraction of sp³-hybridized carbons (Fsp3) is 0.621. The molecule has 73 heavy (non-hydrogen) atoms. The Morgan fingerprint density at radius 3 is 2.29 bits per heavy atom. The van der Waals surface area contributed by atoms with Gasteiger partial charge in [0, 0.05) is 50.7 Å². The van der Waals surface area contributed by atoms with Gasteiger partial charge in [0.15, 0.2) is 5.78 Å². The van der Waals surface area contributed by atoms with Gasteiger partial charge in [-0.15, -0.1) is 0 Å². The largest absolute Gasteiger partial charge is 0.456 e. The lowest BCUT2D eigenvalue weighted by molar-refractivity contribution is -0.203. The van der Waals surface area contributed by atoms with Gasteiger partial charge < -0.3 is 54.7 Å². The van der Waals surface area contributed by atoms with Crippen molar-refractivity contribution < 1.29 is 63.3 Å². The molecule has 0 saturated carbocycles. The molecule has 0 aliphatic carbocycles. The highest BCUT2D eigenvalue weighted by Gasteiger charge is 2.46. The SMILES string of the molecule is CCC1C(C/C=C(\C)C(O)CC(OC)C(C)C(=O)NC(C(=O)NC2C(=O)OC(c3ccccc3)C2C)C(C)C)OC(/C=C/C=C/CC(CC(=O)/C=C/C(C)=C/C=C/C2COC(C)C(C)(O)C2O)OC)C(C)C1O. The second kappa shape index (κ2) is 28.9. The van der Waals surface area contributed by atoms with E-state index in [1.165, 1.54) is 13.2 Å². The number of aliphatic hydroxyl groups is 4. The van der Waals surface area contributed by atoms with E-state index in [9.17, 15) is 39.6 Å². The van der Waals surface area contributed by atoms with E-state index in [2.05, 4.69) is 10.6 Å². The number of ether oxygens (including phenoxy) is 5. The molecule has 1 aromatic carbocycles. The quantitative estimate of drug-likeness (QED) is 0.0259. The summed E-state index contributed by atoms with van der Waals surface area (Å²) in [6, 6.07) is 7.54. The van der Waals surface area contributed by atoms with E-state index >= 15 is 0 Å². The molecule has 3 fully saturated rings. The maximum atomic E-state index is 13.7. The summed E-state index contributed by atoms with van der Waals surface area (Å²) in [5.41, 5.74) is 0.999. The lowest BCUT2D eigenvalue weighted by atomic mass is 9.79. The Morgan fingerprint density at radius 2 is 1.64 bits per heavy atom. The first kappa shape index (κ1) is 61.0. The molecule has 3 heterocycles. The number of nitrogens with one attached hydrogen (secondary N) is 2. The number of carbonyl (C=O) groups excluding carboxylic acids is 4. The lowest BCUT2D eigenvalue weighted by Gasteiger charge is -2.43. The van der Waals surface area contributed by atoms with Gasteiger partial charge in [-0.05, 0) is 70.1 Å². The van der Waals surface area contributed by atoms with Gasteiger partial charge in [-0.3, -0.25) is 14.4 Å². The fourth-order valence-electron chi connectivity index (χ4n) is 9.68. The highest BCUT2D eigenvalue weighted by Crippen LogP contribution is 2.37. The molecule has 0 aromatic heterocycles. The molecule has 0 spiro atoms. The van der Waals surface area contributed by atoms with Crippen LogP contribution in [0.1, 0.15) is 113 Å². The van der Waals surface area contributed by atoms with Crippen molar-refractivity contribution in [3.05, 3.63) is 108 Å². The van der Waals surface area contributed by atoms with Crippen LogP contribution in [-0.4, -0.2) is 131 Å². The van der Waals surface area contributed by atoms with Gasteiger partial charge in [0.1, 0.15) is 23.8 Å². The molecule has 3 aliphatic heterocycles. The predicted octanol–water partition coefficient (Wildman–Crippen LogP) is 6.76. The number of esters is 1. The van der Waals surface area contributed by atoms with Crippen LogP contribution >= 0.6 is 0 Å². The van der Waals surface area contributed by atoms with E-state index in [-0.39, 0.29) is 66.5 Å². The Morgan fingerprint density at radius 1 is 0.945 bits per heavy atom. The summed E-state index contributed by atoms with van der Waals surface area (Å²) in [6.45, 7) is 18.4. The molecule has 2 amide bonds. The van der Waals surface area contributed by atoms with Gasteiger partial charge >= 0.3 is 5.97 Å². The fourth-order valence-corrected chi connectivity index (χ4v) is 9.68. The first-order valence-electron chi connectivity index (χ1n) is 26.1. The molecule has 3 saturated heterocycles. The van der Waals surface area contributed by atoms with Crippen molar-refractivity contribution in [2.24, 2.45) is 35.5 Å². The van der Waals surface area contributed by atoms with E-state index in [0.29, 0.717) is 31.4 Å². The van der Waals surface area contributed by atoms with E-state index in [1.807, 2.05) is 115 Å². The minimum atomic E-state index is -1.35. The topological polar surface area (TPSA) is 219 Å². The molecule has 0 radical (unpaired) electrons. The van der Waals surface area contributed by atoms with Crippen molar-refractivity contribution in [1.29, 1.82) is 0 Å². The number of benzene rings is 1. The third kappa shape index (κ3) is 17.0. The van der Waals surface area contributed by atoms with Crippen LogP contribution in [0.4, 0.5) is 0 Å². The summed E-state index contributed by atoms with van der Waals surface area (Å²) >= 11 is 0. The summed E-state index contributed by atoms with van der Waals surface area (Å²) in [5.74, 6) is -3.59. The van der Waals surface area contributed by atoms with E-state index in [1.54, 1.807) is 46.1 Å². The number of ketones is 1. The Labute approximate surface area is 434 Å². The number of rotatable bonds is 25. The monoisotopic (exact) mass is 1020 g/mol. The first-order valence-corrected chi connectivity index (χ1v) is 26.1. The zero-order valence-corrected chi connectivity index (χ0v) is 45.2. The number of methoxy groups -OCH3 is 2. The number of aliphatic hydroxyl groups excluding tert-OH is 3. The van der Waals surface area contributed by atoms with Gasteiger partial charge in [-0.25, -0.2) is 4.79 Å². The summed E-state index contributed by atoms with van der Waals surface area (Å²) < 4.78 is 29.2. The number of carbonyl (C=O) groups is 4. The summed E-state index contributed by atoms with van der Waals surface area (Å²) in [6.07, 6.45) is 14.9. The zero-order valence-electron chi connectivity index (χ0n) is 45.2. The smallest absolute Gasteiger partial charge is 0.329 e. The Hall–Kier alpha value is -4.58. The third-order valence-electron chi connectivity index (χ3n) is 15.2. The van der Waals surface area contributed by atoms with Gasteiger partial charge in [-0.2, -0.15) is 0 Å². The average molecular weight is 1020 g/mol. The van der Waals surface area contributed by atoms with Crippen LogP contribution in [0.15, 0.2) is 102 Å². The van der Waals surface area contributed by atoms with Crippen LogP contribution in [0.2, 0.25) is 0 Å². The Bertz CT molecular complexity index is 2130. The third-order valence-corrected chi connectivity index (χ3v) is 15.2. The molecule has 6 N–H and O–H groups in total. The van der Waals surface area contributed by atoms with Gasteiger partial charge in [-0.1, -0.05) is 132 Å². The zero-order chi connectivity index (χ0) is 54.2. The van der Waals surface area contributed by atoms with Crippen molar-refractivity contribution >= 4 is 23.6 Å². The molecule has 15 heteroatoms. The minimum Gasteiger partial charge on any atom is -0.456 e. The maximum absolute atomic E-state index is 13.7. The highest BCUT2D eigenvalue weighted by molar-refractivity contribution is 5.92. The molecule has 0 bridgehead atoms.